The minimum absolute atomic E-state index is 1.13. The van der Waals surface area contributed by atoms with E-state index in [1.165, 1.54) is 16.4 Å². The predicted molar refractivity (Wildman–Crippen MR) is 49.6 cm³/mol. The number of allylic oxidation sites excluding steroid dienone is 4. The van der Waals surface area contributed by atoms with E-state index in [1.54, 1.807) is 0 Å². The van der Waals surface area contributed by atoms with Crippen LogP contribution >= 0.6 is 22.6 Å². The van der Waals surface area contributed by atoms with Crippen LogP contribution in [-0.4, -0.2) is 4.43 Å². The summed E-state index contributed by atoms with van der Waals surface area (Å²) in [5.74, 6) is 0. The number of hydrogen-bond acceptors (Lipinski definition) is 0. The molecule has 0 aromatic carbocycles. The van der Waals surface area contributed by atoms with E-state index in [4.69, 9.17) is 0 Å². The van der Waals surface area contributed by atoms with E-state index in [0.717, 1.165) is 6.42 Å². The number of hydrogen-bond donors (Lipinski definition) is 0. The van der Waals surface area contributed by atoms with E-state index in [2.05, 4.69) is 47.2 Å². The van der Waals surface area contributed by atoms with Gasteiger partial charge in [0.15, 0.2) is 0 Å². The fraction of sp³-hybridized carbons (Fsp3) is 0.375. The summed E-state index contributed by atoms with van der Waals surface area (Å²) < 4.78 is 1.23. The molecule has 0 nitrogen and oxygen atoms in total. The van der Waals surface area contributed by atoms with Gasteiger partial charge in [0, 0.05) is 4.43 Å². The third-order valence-electron chi connectivity index (χ3n) is 1.35. The molecular weight excluding hydrogens is 223 g/mol. The molecule has 0 aliphatic heterocycles. The smallest absolute Gasteiger partial charge is 0.00328 e. The molecule has 0 bridgehead atoms. The maximum absolute atomic E-state index is 2.40. The quantitative estimate of drug-likeness (QED) is 0.508. The van der Waals surface area contributed by atoms with Crippen molar-refractivity contribution >= 4 is 22.6 Å². The van der Waals surface area contributed by atoms with Gasteiger partial charge in [0.25, 0.3) is 0 Å². The maximum Gasteiger partial charge on any atom is 0.00328 e. The van der Waals surface area contributed by atoms with Crippen molar-refractivity contribution in [3.05, 3.63) is 30.2 Å². The van der Waals surface area contributed by atoms with Crippen LogP contribution in [0.1, 0.15) is 12.8 Å². The van der Waals surface area contributed by atoms with E-state index >= 15 is 0 Å². The molecule has 1 aliphatic rings. The first-order valence-corrected chi connectivity index (χ1v) is 4.71. The van der Waals surface area contributed by atoms with Gasteiger partial charge >= 0.3 is 0 Å². The standard InChI is InChI=1S/C8H10I/c9-7-6-8-4-2-1-3-5-8/h1-2,4-5H,3,6-7H2. The average molecular weight is 233 g/mol. The Kier molecular flexibility index (Phi) is 3.33. The highest BCUT2D eigenvalue weighted by Crippen LogP contribution is 2.14. The van der Waals surface area contributed by atoms with Gasteiger partial charge in [-0.1, -0.05) is 46.4 Å². The second kappa shape index (κ2) is 4.09. The zero-order valence-electron chi connectivity index (χ0n) is 5.31. The van der Waals surface area contributed by atoms with E-state index in [9.17, 15) is 0 Å². The van der Waals surface area contributed by atoms with E-state index < -0.39 is 0 Å². The summed E-state index contributed by atoms with van der Waals surface area (Å²) in [5.41, 5.74) is 1.49. The molecule has 0 spiro atoms. The van der Waals surface area contributed by atoms with Crippen LogP contribution in [0, 0.1) is 6.42 Å². The lowest BCUT2D eigenvalue weighted by molar-refractivity contribution is 1.07. The van der Waals surface area contributed by atoms with Gasteiger partial charge in [0.1, 0.15) is 0 Å². The lowest BCUT2D eigenvalue weighted by Crippen LogP contribution is -1.88. The fourth-order valence-electron chi connectivity index (χ4n) is 0.852. The molecule has 0 amide bonds. The Labute approximate surface area is 70.2 Å². The van der Waals surface area contributed by atoms with Gasteiger partial charge in [-0.15, -0.1) is 0 Å². The molecule has 0 heterocycles. The molecule has 0 N–H and O–H groups in total. The Bertz CT molecular complexity index is 134. The highest BCUT2D eigenvalue weighted by Gasteiger charge is 1.96. The van der Waals surface area contributed by atoms with Crippen molar-refractivity contribution in [2.75, 3.05) is 4.43 Å². The van der Waals surface area contributed by atoms with Gasteiger partial charge in [-0.3, -0.25) is 0 Å². The zero-order chi connectivity index (χ0) is 6.53. The average Bonchev–Trinajstić information content (AvgIpc) is 1.91. The van der Waals surface area contributed by atoms with Crippen molar-refractivity contribution in [3.63, 3.8) is 0 Å². The van der Waals surface area contributed by atoms with Crippen LogP contribution in [0.2, 0.25) is 0 Å². The summed E-state index contributed by atoms with van der Waals surface area (Å²) in [6.45, 7) is 0. The third-order valence-corrected chi connectivity index (χ3v) is 1.89. The van der Waals surface area contributed by atoms with Gasteiger partial charge in [-0.2, -0.15) is 0 Å². The Morgan fingerprint density at radius 1 is 1.56 bits per heavy atom. The summed E-state index contributed by atoms with van der Waals surface area (Å²) in [7, 11) is 0. The van der Waals surface area contributed by atoms with Gasteiger partial charge in [0.2, 0.25) is 0 Å². The summed E-state index contributed by atoms with van der Waals surface area (Å²) in [6.07, 6.45) is 11.2. The highest BCUT2D eigenvalue weighted by molar-refractivity contribution is 14.1. The topological polar surface area (TPSA) is 0 Å². The highest BCUT2D eigenvalue weighted by atomic mass is 127. The van der Waals surface area contributed by atoms with Crippen molar-refractivity contribution in [1.29, 1.82) is 0 Å². The molecule has 1 radical (unpaired) electrons. The molecule has 1 heteroatoms. The molecule has 0 atom stereocenters. The van der Waals surface area contributed by atoms with Crippen molar-refractivity contribution in [1.82, 2.24) is 0 Å². The molecule has 0 aromatic heterocycles. The number of alkyl halides is 1. The third kappa shape index (κ3) is 2.52. The molecule has 49 valence electrons. The summed E-state index contributed by atoms with van der Waals surface area (Å²) in [6, 6.07) is 0. The fourth-order valence-corrected chi connectivity index (χ4v) is 1.47. The first-order valence-electron chi connectivity index (χ1n) is 3.18. The van der Waals surface area contributed by atoms with E-state index in [-0.39, 0.29) is 0 Å². The molecule has 9 heavy (non-hydrogen) atoms. The van der Waals surface area contributed by atoms with E-state index in [0.29, 0.717) is 0 Å². The number of halogens is 1. The van der Waals surface area contributed by atoms with Crippen molar-refractivity contribution in [2.45, 2.75) is 12.8 Å². The van der Waals surface area contributed by atoms with Crippen molar-refractivity contribution < 1.29 is 0 Å². The van der Waals surface area contributed by atoms with Crippen molar-refractivity contribution in [3.8, 4) is 0 Å². The van der Waals surface area contributed by atoms with Crippen LogP contribution in [-0.2, 0) is 0 Å². The Hall–Kier alpha value is 0.210. The van der Waals surface area contributed by atoms with Crippen LogP contribution in [0.3, 0.4) is 0 Å². The van der Waals surface area contributed by atoms with Crippen LogP contribution < -0.4 is 0 Å². The minimum Gasteiger partial charge on any atom is -0.0860 e. The molecule has 0 saturated carbocycles. The molecule has 1 rings (SSSR count). The monoisotopic (exact) mass is 233 g/mol. The van der Waals surface area contributed by atoms with Gasteiger partial charge in [0.05, 0.1) is 0 Å². The van der Waals surface area contributed by atoms with Crippen LogP contribution in [0.25, 0.3) is 0 Å². The lowest BCUT2D eigenvalue weighted by atomic mass is 10.0. The maximum atomic E-state index is 2.40. The summed E-state index contributed by atoms with van der Waals surface area (Å²) in [4.78, 5) is 0. The molecule has 1 aliphatic carbocycles. The van der Waals surface area contributed by atoms with Gasteiger partial charge < -0.3 is 0 Å². The normalized spacial score (nSPS) is 17.7. The Balaban J connectivity index is 2.38. The van der Waals surface area contributed by atoms with E-state index in [1.807, 2.05) is 0 Å². The molecule has 0 fully saturated rings. The largest absolute Gasteiger partial charge is 0.0860 e. The Morgan fingerprint density at radius 3 is 3.00 bits per heavy atom. The zero-order valence-corrected chi connectivity index (χ0v) is 7.47. The van der Waals surface area contributed by atoms with Crippen LogP contribution in [0.15, 0.2) is 23.8 Å². The van der Waals surface area contributed by atoms with Crippen molar-refractivity contribution in [2.24, 2.45) is 0 Å². The van der Waals surface area contributed by atoms with Gasteiger partial charge in [-0.05, 0) is 19.3 Å². The summed E-state index contributed by atoms with van der Waals surface area (Å²) >= 11 is 2.40. The minimum atomic E-state index is 1.13. The molecule has 0 unspecified atom stereocenters. The molecule has 0 aromatic rings. The van der Waals surface area contributed by atoms with Crippen LogP contribution in [0.4, 0.5) is 0 Å². The second-order valence-electron chi connectivity index (χ2n) is 2.05. The first kappa shape index (κ1) is 7.32. The molecular formula is C8H10I. The molecule has 0 saturated heterocycles. The first-order chi connectivity index (χ1) is 4.43. The van der Waals surface area contributed by atoms with Gasteiger partial charge in [-0.25, -0.2) is 0 Å². The van der Waals surface area contributed by atoms with Crippen LogP contribution in [0.5, 0.6) is 0 Å². The lowest BCUT2D eigenvalue weighted by Gasteiger charge is -2.04. The summed E-state index contributed by atoms with van der Waals surface area (Å²) in [5, 5.41) is 0. The SMILES string of the molecule is ICCC1=CC=CC[CH]1. The predicted octanol–water partition coefficient (Wildman–Crippen LogP) is 2.90. The Morgan fingerprint density at radius 2 is 2.44 bits per heavy atom. The number of rotatable bonds is 2. The second-order valence-corrected chi connectivity index (χ2v) is 3.13.